The van der Waals surface area contributed by atoms with Crippen molar-refractivity contribution in [3.05, 3.63) is 11.3 Å². The maximum absolute atomic E-state index is 11.9. The zero-order valence-electron chi connectivity index (χ0n) is 10.2. The lowest BCUT2D eigenvalue weighted by Crippen LogP contribution is -2.28. The van der Waals surface area contributed by atoms with Crippen LogP contribution in [-0.2, 0) is 4.79 Å². The molecule has 0 saturated carbocycles. The molecule has 0 heterocycles. The van der Waals surface area contributed by atoms with Crippen LogP contribution in [0.2, 0.25) is 0 Å². The van der Waals surface area contributed by atoms with Crippen LogP contribution in [0.5, 0.6) is 0 Å². The van der Waals surface area contributed by atoms with E-state index in [0.29, 0.717) is 37.2 Å². The van der Waals surface area contributed by atoms with Gasteiger partial charge < -0.3 is 10.8 Å². The van der Waals surface area contributed by atoms with Crippen molar-refractivity contribution in [2.45, 2.75) is 33.6 Å². The molecule has 0 radical (unpaired) electrons. The van der Waals surface area contributed by atoms with E-state index in [1.54, 1.807) is 6.92 Å². The lowest BCUT2D eigenvalue weighted by atomic mass is 9.76. The van der Waals surface area contributed by atoms with Gasteiger partial charge in [-0.2, -0.15) is 0 Å². The molecular weight excluding hydrogens is 204 g/mol. The third-order valence-electron chi connectivity index (χ3n) is 2.69. The highest BCUT2D eigenvalue weighted by molar-refractivity contribution is 6.22. The molecule has 0 spiro atoms. The van der Waals surface area contributed by atoms with Crippen LogP contribution in [0.25, 0.3) is 0 Å². The normalized spacial score (nSPS) is 21.5. The molecule has 0 unspecified atom stereocenters. The predicted molar refractivity (Wildman–Crippen MR) is 64.7 cm³/mol. The number of ketones is 1. The van der Waals surface area contributed by atoms with Gasteiger partial charge in [-0.3, -0.25) is 9.79 Å². The Labute approximate surface area is 96.2 Å². The molecule has 1 rings (SSSR count). The number of nitrogens with two attached hydrogens (primary N) is 1. The molecule has 0 fully saturated rings. The number of rotatable bonds is 3. The number of hydrogen-bond donors (Lipinski definition) is 2. The highest BCUT2D eigenvalue weighted by atomic mass is 16.3. The lowest BCUT2D eigenvalue weighted by molar-refractivity contribution is -0.117. The molecule has 0 amide bonds. The zero-order valence-corrected chi connectivity index (χ0v) is 10.2. The zero-order chi connectivity index (χ0) is 12.3. The highest BCUT2D eigenvalue weighted by Gasteiger charge is 2.33. The fourth-order valence-electron chi connectivity index (χ4n) is 2.01. The fraction of sp³-hybridized carbons (Fsp3) is 0.667. The summed E-state index contributed by atoms with van der Waals surface area (Å²) in [5, 5.41) is 9.89. The summed E-state index contributed by atoms with van der Waals surface area (Å²) in [6.45, 7) is 6.64. The maximum atomic E-state index is 11.9. The van der Waals surface area contributed by atoms with E-state index in [1.165, 1.54) is 0 Å². The van der Waals surface area contributed by atoms with Gasteiger partial charge in [-0.1, -0.05) is 13.8 Å². The van der Waals surface area contributed by atoms with Gasteiger partial charge in [0.05, 0.1) is 12.1 Å². The van der Waals surface area contributed by atoms with Crippen molar-refractivity contribution in [1.29, 1.82) is 0 Å². The number of Topliss-reactive ketones (excluding diaryl/α,β-unsaturated/α-hetero) is 1. The second-order valence-electron chi connectivity index (χ2n) is 5.02. The predicted octanol–water partition coefficient (Wildman–Crippen LogP) is 1.61. The van der Waals surface area contributed by atoms with E-state index in [-0.39, 0.29) is 17.0 Å². The van der Waals surface area contributed by atoms with Crippen LogP contribution in [0.4, 0.5) is 0 Å². The Bertz CT molecular complexity index is 354. The topological polar surface area (TPSA) is 75.7 Å². The number of allylic oxidation sites excluding steroid dienone is 2. The molecule has 4 heteroatoms. The maximum Gasteiger partial charge on any atom is 0.168 e. The van der Waals surface area contributed by atoms with E-state index in [4.69, 9.17) is 5.73 Å². The summed E-state index contributed by atoms with van der Waals surface area (Å²) in [7, 11) is 0. The van der Waals surface area contributed by atoms with Crippen molar-refractivity contribution in [3.63, 3.8) is 0 Å². The molecule has 0 aromatic rings. The van der Waals surface area contributed by atoms with Crippen molar-refractivity contribution in [1.82, 2.24) is 0 Å². The first-order chi connectivity index (χ1) is 7.37. The molecule has 3 N–H and O–H groups in total. The minimum Gasteiger partial charge on any atom is -0.511 e. The molecule has 90 valence electrons. The smallest absolute Gasteiger partial charge is 0.168 e. The van der Waals surface area contributed by atoms with Gasteiger partial charge in [-0.25, -0.2) is 0 Å². The van der Waals surface area contributed by atoms with E-state index < -0.39 is 0 Å². The molecule has 0 aromatic heterocycles. The molecule has 4 nitrogen and oxygen atoms in total. The van der Waals surface area contributed by atoms with Gasteiger partial charge in [0.15, 0.2) is 5.78 Å². The SMILES string of the molecule is CC(=NCCN)C1=C(O)CC(C)(C)CC1=O. The average Bonchev–Trinajstić information content (AvgIpc) is 2.11. The van der Waals surface area contributed by atoms with E-state index in [1.807, 2.05) is 13.8 Å². The molecule has 16 heavy (non-hydrogen) atoms. The van der Waals surface area contributed by atoms with E-state index in [9.17, 15) is 9.90 Å². The Hall–Kier alpha value is -1.16. The van der Waals surface area contributed by atoms with Gasteiger partial charge in [0.25, 0.3) is 0 Å². The number of aliphatic imine (C=N–C) groups is 1. The second kappa shape index (κ2) is 4.78. The minimum absolute atomic E-state index is 0.0213. The summed E-state index contributed by atoms with van der Waals surface area (Å²) in [6, 6.07) is 0. The first-order valence-corrected chi connectivity index (χ1v) is 5.54. The Morgan fingerprint density at radius 1 is 1.50 bits per heavy atom. The van der Waals surface area contributed by atoms with Gasteiger partial charge in [-0.05, 0) is 12.3 Å². The average molecular weight is 224 g/mol. The monoisotopic (exact) mass is 224 g/mol. The molecular formula is C12H20N2O2. The minimum atomic E-state index is -0.154. The van der Waals surface area contributed by atoms with Crippen LogP contribution in [0, 0.1) is 5.41 Å². The van der Waals surface area contributed by atoms with Gasteiger partial charge in [0, 0.05) is 25.1 Å². The molecule has 0 aliphatic heterocycles. The molecule has 0 aromatic carbocycles. The largest absolute Gasteiger partial charge is 0.511 e. The first kappa shape index (κ1) is 12.9. The molecule has 0 saturated heterocycles. The molecule has 0 bridgehead atoms. The summed E-state index contributed by atoms with van der Waals surface area (Å²) in [5.74, 6) is 0.145. The number of nitrogens with zero attached hydrogens (tertiary/aromatic N) is 1. The molecule has 1 aliphatic rings. The summed E-state index contributed by atoms with van der Waals surface area (Å²) in [5.41, 5.74) is 6.19. The third-order valence-corrected chi connectivity index (χ3v) is 2.69. The van der Waals surface area contributed by atoms with Gasteiger partial charge in [0.1, 0.15) is 5.76 Å². The Morgan fingerprint density at radius 3 is 2.62 bits per heavy atom. The van der Waals surface area contributed by atoms with Gasteiger partial charge in [-0.15, -0.1) is 0 Å². The van der Waals surface area contributed by atoms with Crippen molar-refractivity contribution >= 4 is 11.5 Å². The summed E-state index contributed by atoms with van der Waals surface area (Å²) in [6.07, 6.45) is 0.992. The lowest BCUT2D eigenvalue weighted by Gasteiger charge is -2.29. The van der Waals surface area contributed by atoms with Crippen molar-refractivity contribution in [2.24, 2.45) is 16.1 Å². The van der Waals surface area contributed by atoms with Crippen LogP contribution in [0.15, 0.2) is 16.3 Å². The highest BCUT2D eigenvalue weighted by Crippen LogP contribution is 2.35. The van der Waals surface area contributed by atoms with Crippen LogP contribution in [-0.4, -0.2) is 29.7 Å². The van der Waals surface area contributed by atoms with Gasteiger partial charge in [0.2, 0.25) is 0 Å². The third kappa shape index (κ3) is 2.92. The van der Waals surface area contributed by atoms with Crippen LogP contribution < -0.4 is 5.73 Å². The van der Waals surface area contributed by atoms with Gasteiger partial charge >= 0.3 is 0 Å². The summed E-state index contributed by atoms with van der Waals surface area (Å²) in [4.78, 5) is 16.1. The van der Waals surface area contributed by atoms with Crippen molar-refractivity contribution < 1.29 is 9.90 Å². The second-order valence-corrected chi connectivity index (χ2v) is 5.02. The van der Waals surface area contributed by atoms with Crippen LogP contribution in [0.3, 0.4) is 0 Å². The summed E-state index contributed by atoms with van der Waals surface area (Å²) >= 11 is 0. The number of aliphatic hydroxyl groups excluding tert-OH is 1. The Balaban J connectivity index is 2.99. The van der Waals surface area contributed by atoms with Crippen molar-refractivity contribution in [2.75, 3.05) is 13.1 Å². The number of carbonyl (C=O) groups excluding carboxylic acids is 1. The fourth-order valence-corrected chi connectivity index (χ4v) is 2.01. The van der Waals surface area contributed by atoms with Crippen molar-refractivity contribution in [3.8, 4) is 0 Å². The van der Waals surface area contributed by atoms with E-state index in [2.05, 4.69) is 4.99 Å². The van der Waals surface area contributed by atoms with E-state index in [0.717, 1.165) is 0 Å². The summed E-state index contributed by atoms with van der Waals surface area (Å²) < 4.78 is 0. The number of carbonyl (C=O) groups is 1. The molecule has 0 atom stereocenters. The quantitative estimate of drug-likeness (QED) is 0.715. The standard InChI is InChI=1S/C12H20N2O2/c1-8(14-5-4-13)11-9(15)6-12(2,3)7-10(11)16/h15H,4-7,13H2,1-3H3. The van der Waals surface area contributed by atoms with E-state index >= 15 is 0 Å². The van der Waals surface area contributed by atoms with Crippen LogP contribution >= 0.6 is 0 Å². The molecule has 1 aliphatic carbocycles. The number of hydrogen-bond acceptors (Lipinski definition) is 4. The first-order valence-electron chi connectivity index (χ1n) is 5.54. The Morgan fingerprint density at radius 2 is 2.12 bits per heavy atom. The number of aliphatic hydroxyl groups is 1. The van der Waals surface area contributed by atoms with Crippen LogP contribution in [0.1, 0.15) is 33.6 Å². The Kier molecular flexibility index (Phi) is 3.86.